The molecule has 0 aliphatic heterocycles. The van der Waals surface area contributed by atoms with Gasteiger partial charge in [0, 0.05) is 48.1 Å². The largest absolute Gasteiger partial charge is 0.488 e. The molecule has 2 atom stereocenters. The lowest BCUT2D eigenvalue weighted by atomic mass is 9.96. The molecule has 0 saturated heterocycles. The number of carboxylic acids is 2. The molecule has 45 heavy (non-hydrogen) atoms. The summed E-state index contributed by atoms with van der Waals surface area (Å²) >= 11 is 6.69. The maximum absolute atomic E-state index is 14.6. The number of aromatic nitrogens is 1. The highest BCUT2D eigenvalue weighted by Gasteiger charge is 2.28. The van der Waals surface area contributed by atoms with Crippen molar-refractivity contribution in [2.75, 3.05) is 0 Å². The maximum Gasteiger partial charge on any atom is 0.320 e. The van der Waals surface area contributed by atoms with Crippen LogP contribution in [0.1, 0.15) is 53.2 Å². The topological polar surface area (TPSA) is 142 Å². The Morgan fingerprint density at radius 2 is 1.89 bits per heavy atom. The van der Waals surface area contributed by atoms with Gasteiger partial charge < -0.3 is 25.0 Å². The van der Waals surface area contributed by atoms with E-state index in [9.17, 15) is 24.3 Å². The smallest absolute Gasteiger partial charge is 0.320 e. The summed E-state index contributed by atoms with van der Waals surface area (Å²) in [7, 11) is 0. The number of carboxylic acid groups (broad SMARTS) is 2. The number of hydrogen-bond donors (Lipinski definition) is 3. The number of nitriles is 1. The zero-order valence-corrected chi connectivity index (χ0v) is 24.8. The Morgan fingerprint density at radius 3 is 2.64 bits per heavy atom. The average Bonchev–Trinajstić information content (AvgIpc) is 3.44. The van der Waals surface area contributed by atoms with Gasteiger partial charge in [-0.3, -0.25) is 14.6 Å². The third-order valence-electron chi connectivity index (χ3n) is 7.57. The minimum absolute atomic E-state index is 0.0145. The van der Waals surface area contributed by atoms with Crippen LogP contribution in [0.5, 0.6) is 11.5 Å². The Hall–Kier alpha value is -4.98. The van der Waals surface area contributed by atoms with E-state index in [2.05, 4.69) is 10.3 Å². The van der Waals surface area contributed by atoms with E-state index in [0.717, 1.165) is 16.7 Å². The second-order valence-corrected chi connectivity index (χ2v) is 11.0. The molecular weight excluding hydrogens is 601 g/mol. The quantitative estimate of drug-likeness (QED) is 0.152. The van der Waals surface area contributed by atoms with Crippen LogP contribution in [-0.2, 0) is 29.2 Å². The van der Waals surface area contributed by atoms with E-state index < -0.39 is 18.0 Å². The first-order valence-corrected chi connectivity index (χ1v) is 14.6. The van der Waals surface area contributed by atoms with Crippen molar-refractivity contribution >= 4 is 23.5 Å². The molecule has 1 aliphatic carbocycles. The fourth-order valence-electron chi connectivity index (χ4n) is 5.37. The highest BCUT2D eigenvalue weighted by atomic mass is 35.5. The van der Waals surface area contributed by atoms with Crippen molar-refractivity contribution in [3.63, 3.8) is 0 Å². The molecule has 1 aliphatic rings. The highest BCUT2D eigenvalue weighted by molar-refractivity contribution is 6.32. The minimum Gasteiger partial charge on any atom is -0.488 e. The van der Waals surface area contributed by atoms with Crippen LogP contribution in [0.15, 0.2) is 73.1 Å². The lowest BCUT2D eigenvalue weighted by Gasteiger charge is -2.20. The molecule has 5 rings (SSSR count). The van der Waals surface area contributed by atoms with Crippen molar-refractivity contribution < 1.29 is 33.7 Å². The molecule has 0 bridgehead atoms. The lowest BCUT2D eigenvalue weighted by molar-refractivity contribution is -0.140. The van der Waals surface area contributed by atoms with Crippen molar-refractivity contribution in [1.82, 2.24) is 10.3 Å². The van der Waals surface area contributed by atoms with E-state index >= 15 is 0 Å². The van der Waals surface area contributed by atoms with Gasteiger partial charge >= 0.3 is 11.9 Å². The van der Waals surface area contributed by atoms with Gasteiger partial charge in [0.2, 0.25) is 0 Å². The summed E-state index contributed by atoms with van der Waals surface area (Å²) in [5, 5.41) is 31.0. The number of nitrogens with zero attached hydrogens (tertiary/aromatic N) is 2. The number of carbonyl (C=O) groups is 2. The van der Waals surface area contributed by atoms with Crippen LogP contribution in [0.25, 0.3) is 11.1 Å². The number of pyridine rings is 1. The maximum atomic E-state index is 14.6. The molecule has 1 unspecified atom stereocenters. The summed E-state index contributed by atoms with van der Waals surface area (Å²) in [5.74, 6) is -1.88. The van der Waals surface area contributed by atoms with Gasteiger partial charge in [-0.25, -0.2) is 4.39 Å². The summed E-state index contributed by atoms with van der Waals surface area (Å²) in [6.45, 7) is 0.0664. The molecule has 0 fully saturated rings. The zero-order chi connectivity index (χ0) is 31.9. The van der Waals surface area contributed by atoms with Crippen molar-refractivity contribution in [3.8, 4) is 28.7 Å². The first kappa shape index (κ1) is 31.4. The van der Waals surface area contributed by atoms with E-state index in [1.165, 1.54) is 12.3 Å². The fraction of sp³-hybridized carbons (Fsp3) is 0.235. The Balaban J connectivity index is 1.42. The van der Waals surface area contributed by atoms with Crippen LogP contribution in [0.3, 0.4) is 0 Å². The monoisotopic (exact) mass is 629 g/mol. The molecule has 11 heteroatoms. The number of nitrogens with one attached hydrogen (secondary N) is 1. The second-order valence-electron chi connectivity index (χ2n) is 10.6. The van der Waals surface area contributed by atoms with E-state index in [1.807, 2.05) is 24.3 Å². The van der Waals surface area contributed by atoms with Gasteiger partial charge in [-0.15, -0.1) is 0 Å². The highest BCUT2D eigenvalue weighted by Crippen LogP contribution is 2.43. The van der Waals surface area contributed by atoms with Crippen LogP contribution in [0.2, 0.25) is 5.02 Å². The van der Waals surface area contributed by atoms with Crippen LogP contribution < -0.4 is 14.8 Å². The molecule has 3 aromatic carbocycles. The van der Waals surface area contributed by atoms with E-state index in [-0.39, 0.29) is 42.9 Å². The predicted octanol–water partition coefficient (Wildman–Crippen LogP) is 6.47. The Labute approximate surface area is 263 Å². The minimum atomic E-state index is -1.18. The van der Waals surface area contributed by atoms with Crippen LogP contribution in [0.4, 0.5) is 4.39 Å². The number of ether oxygens (including phenoxy) is 2. The van der Waals surface area contributed by atoms with Gasteiger partial charge in [-0.2, -0.15) is 5.26 Å². The standard InChI is InChI=1S/C34H29ClFN3O6/c35-27-13-22(18-39-29(34(42)43)9-11-33(40)41)31(44-19-21-12-20(15-37)16-38-17-21)14-32(27)45-30-10-8-24-23(5-3-6-26(24)30)25-4-1-2-7-28(25)36/h1-7,12-14,16-17,29-30,39H,8-11,18-19H2,(H,40,41)(H,42,43)/t29?,30-/m0/s1. The third-order valence-corrected chi connectivity index (χ3v) is 7.86. The fourth-order valence-corrected chi connectivity index (χ4v) is 5.60. The molecule has 1 heterocycles. The third kappa shape index (κ3) is 7.58. The van der Waals surface area contributed by atoms with Gasteiger partial charge in [0.05, 0.1) is 10.6 Å². The normalized spacial score (nSPS) is 14.3. The molecule has 0 saturated carbocycles. The Morgan fingerprint density at radius 1 is 1.09 bits per heavy atom. The molecule has 0 radical (unpaired) electrons. The van der Waals surface area contributed by atoms with Gasteiger partial charge in [0.1, 0.15) is 42.1 Å². The predicted molar refractivity (Wildman–Crippen MR) is 163 cm³/mol. The molecule has 3 N–H and O–H groups in total. The molecule has 4 aromatic rings. The number of rotatable bonds is 13. The zero-order valence-electron chi connectivity index (χ0n) is 24.0. The first-order valence-electron chi connectivity index (χ1n) is 14.2. The average molecular weight is 630 g/mol. The Kier molecular flexibility index (Phi) is 9.92. The van der Waals surface area contributed by atoms with E-state index in [4.69, 9.17) is 26.2 Å². The number of halogens is 2. The van der Waals surface area contributed by atoms with Crippen LogP contribution in [-0.4, -0.2) is 33.2 Å². The number of fused-ring (bicyclic) bond motifs is 1. The van der Waals surface area contributed by atoms with Gasteiger partial charge in [0.25, 0.3) is 0 Å². The molecule has 0 amide bonds. The second kappa shape index (κ2) is 14.2. The Bertz CT molecular complexity index is 1780. The summed E-state index contributed by atoms with van der Waals surface area (Å²) in [6, 6.07) is 18.2. The van der Waals surface area contributed by atoms with Crippen molar-refractivity contribution in [2.45, 2.75) is 51.0 Å². The molecule has 9 nitrogen and oxygen atoms in total. The number of aliphatic carboxylic acids is 2. The van der Waals surface area contributed by atoms with Crippen molar-refractivity contribution in [1.29, 1.82) is 5.26 Å². The van der Waals surface area contributed by atoms with Gasteiger partial charge in [-0.1, -0.05) is 48.0 Å². The van der Waals surface area contributed by atoms with Gasteiger partial charge in [0.15, 0.2) is 0 Å². The molecule has 1 aromatic heterocycles. The molecular formula is C34H29ClFN3O6. The van der Waals surface area contributed by atoms with E-state index in [0.29, 0.717) is 46.6 Å². The van der Waals surface area contributed by atoms with Crippen molar-refractivity contribution in [3.05, 3.63) is 112 Å². The number of hydrogen-bond acceptors (Lipinski definition) is 7. The van der Waals surface area contributed by atoms with Crippen LogP contribution in [0, 0.1) is 17.1 Å². The van der Waals surface area contributed by atoms with Crippen molar-refractivity contribution in [2.24, 2.45) is 0 Å². The number of benzene rings is 3. The first-order chi connectivity index (χ1) is 21.7. The lowest BCUT2D eigenvalue weighted by Crippen LogP contribution is -2.36. The van der Waals surface area contributed by atoms with Crippen LogP contribution >= 0.6 is 11.6 Å². The molecule has 230 valence electrons. The summed E-state index contributed by atoms with van der Waals surface area (Å²) in [6.07, 6.45) is 3.55. The summed E-state index contributed by atoms with van der Waals surface area (Å²) < 4.78 is 27.2. The molecule has 0 spiro atoms. The SMILES string of the molecule is N#Cc1cncc(COc2cc(O[C@H]3CCc4c(-c5ccccc5F)cccc43)c(Cl)cc2CNC(CCC(=O)O)C(=O)O)c1. The van der Waals surface area contributed by atoms with Gasteiger partial charge in [-0.05, 0) is 54.2 Å². The summed E-state index contributed by atoms with van der Waals surface area (Å²) in [5.41, 5.74) is 4.81. The van der Waals surface area contributed by atoms with E-state index in [1.54, 1.807) is 42.6 Å². The summed E-state index contributed by atoms with van der Waals surface area (Å²) in [4.78, 5) is 26.8.